The quantitative estimate of drug-likeness (QED) is 0.731. The summed E-state index contributed by atoms with van der Waals surface area (Å²) in [7, 11) is 0. The molecule has 0 amide bonds. The molecular formula is C17H17ClO3. The van der Waals surface area contributed by atoms with E-state index in [2.05, 4.69) is 0 Å². The molecule has 0 aliphatic heterocycles. The van der Waals surface area contributed by atoms with Crippen LogP contribution < -0.4 is 9.47 Å². The molecule has 0 fully saturated rings. The molecule has 21 heavy (non-hydrogen) atoms. The van der Waals surface area contributed by atoms with E-state index in [-0.39, 0.29) is 0 Å². The minimum atomic E-state index is 0.449. The van der Waals surface area contributed by atoms with Gasteiger partial charge in [0.1, 0.15) is 0 Å². The normalized spacial score (nSPS) is 10.2. The summed E-state index contributed by atoms with van der Waals surface area (Å²) >= 11 is 5.96. The summed E-state index contributed by atoms with van der Waals surface area (Å²) in [5.74, 6) is 1.41. The number of rotatable bonds is 6. The molecule has 3 nitrogen and oxygen atoms in total. The van der Waals surface area contributed by atoms with Crippen molar-refractivity contribution in [1.82, 2.24) is 0 Å². The third-order valence-electron chi connectivity index (χ3n) is 3.00. The van der Waals surface area contributed by atoms with Gasteiger partial charge >= 0.3 is 0 Å². The molecule has 2 aromatic rings. The lowest BCUT2D eigenvalue weighted by Gasteiger charge is -2.13. The van der Waals surface area contributed by atoms with Crippen LogP contribution in [0, 0.1) is 0 Å². The fourth-order valence-electron chi connectivity index (χ4n) is 2.04. The van der Waals surface area contributed by atoms with Crippen LogP contribution >= 0.6 is 11.6 Å². The van der Waals surface area contributed by atoms with E-state index in [4.69, 9.17) is 21.1 Å². The number of halogens is 1. The molecule has 0 radical (unpaired) electrons. The van der Waals surface area contributed by atoms with Crippen LogP contribution in [0.15, 0.2) is 36.4 Å². The third-order valence-corrected chi connectivity index (χ3v) is 3.34. The van der Waals surface area contributed by atoms with Crippen LogP contribution in [0.4, 0.5) is 0 Å². The highest BCUT2D eigenvalue weighted by Gasteiger charge is 2.09. The molecule has 0 saturated carbocycles. The average Bonchev–Trinajstić information content (AvgIpc) is 2.50. The zero-order chi connectivity index (χ0) is 15.2. The third kappa shape index (κ3) is 3.56. The Bertz CT molecular complexity index is 638. The lowest BCUT2D eigenvalue weighted by atomic mass is 10.0. The van der Waals surface area contributed by atoms with E-state index in [1.54, 1.807) is 12.1 Å². The second kappa shape index (κ2) is 7.14. The van der Waals surface area contributed by atoms with Gasteiger partial charge in [-0.1, -0.05) is 23.7 Å². The summed E-state index contributed by atoms with van der Waals surface area (Å²) in [6, 6.07) is 11.1. The van der Waals surface area contributed by atoms with Crippen molar-refractivity contribution in [3.05, 3.63) is 47.0 Å². The van der Waals surface area contributed by atoms with Crippen molar-refractivity contribution in [2.45, 2.75) is 13.8 Å². The predicted molar refractivity (Wildman–Crippen MR) is 84.6 cm³/mol. The van der Waals surface area contributed by atoms with E-state index in [0.29, 0.717) is 35.3 Å². The first-order valence-electron chi connectivity index (χ1n) is 6.84. The first-order valence-corrected chi connectivity index (χ1v) is 7.22. The second-order valence-electron chi connectivity index (χ2n) is 4.38. The maximum atomic E-state index is 11.0. The fraction of sp³-hybridized carbons (Fsp3) is 0.235. The smallest absolute Gasteiger partial charge is 0.161 e. The molecule has 0 aromatic heterocycles. The molecule has 4 heteroatoms. The summed E-state index contributed by atoms with van der Waals surface area (Å²) in [5.41, 5.74) is 2.33. The van der Waals surface area contributed by atoms with E-state index in [0.717, 1.165) is 17.4 Å². The van der Waals surface area contributed by atoms with Crippen molar-refractivity contribution in [2.75, 3.05) is 13.2 Å². The van der Waals surface area contributed by atoms with E-state index in [9.17, 15) is 4.79 Å². The zero-order valence-corrected chi connectivity index (χ0v) is 12.8. The maximum Gasteiger partial charge on any atom is 0.161 e. The van der Waals surface area contributed by atoms with Gasteiger partial charge in [0.2, 0.25) is 0 Å². The Morgan fingerprint density at radius 1 is 0.952 bits per heavy atom. The summed E-state index contributed by atoms with van der Waals surface area (Å²) in [6.07, 6.45) is 0.754. The van der Waals surface area contributed by atoms with Crippen LogP contribution in [0.1, 0.15) is 24.2 Å². The SMILES string of the molecule is CCOc1ccc(-c2ccc(Cl)c(C=O)c2)cc1OCC. The Kier molecular flexibility index (Phi) is 5.23. The molecule has 0 aliphatic carbocycles. The molecule has 0 heterocycles. The highest BCUT2D eigenvalue weighted by atomic mass is 35.5. The Balaban J connectivity index is 2.44. The Hall–Kier alpha value is -2.00. The lowest BCUT2D eigenvalue weighted by Crippen LogP contribution is -1.98. The second-order valence-corrected chi connectivity index (χ2v) is 4.79. The largest absolute Gasteiger partial charge is 0.490 e. The summed E-state index contributed by atoms with van der Waals surface area (Å²) < 4.78 is 11.2. The van der Waals surface area contributed by atoms with Gasteiger partial charge in [-0.2, -0.15) is 0 Å². The van der Waals surface area contributed by atoms with Crippen LogP contribution in [-0.4, -0.2) is 19.5 Å². The molecule has 0 aliphatic rings. The van der Waals surface area contributed by atoms with E-state index < -0.39 is 0 Å². The van der Waals surface area contributed by atoms with E-state index >= 15 is 0 Å². The molecule has 110 valence electrons. The van der Waals surface area contributed by atoms with Crippen LogP contribution in [0.25, 0.3) is 11.1 Å². The van der Waals surface area contributed by atoms with Gasteiger partial charge in [0.15, 0.2) is 17.8 Å². The minimum Gasteiger partial charge on any atom is -0.490 e. The lowest BCUT2D eigenvalue weighted by molar-refractivity contribution is 0.112. The number of hydrogen-bond donors (Lipinski definition) is 0. The molecule has 0 bridgehead atoms. The van der Waals surface area contributed by atoms with Crippen LogP contribution in [0.5, 0.6) is 11.5 Å². The van der Waals surface area contributed by atoms with Crippen molar-refractivity contribution in [1.29, 1.82) is 0 Å². The molecule has 2 aromatic carbocycles. The summed E-state index contributed by atoms with van der Waals surface area (Å²) in [5, 5.41) is 0.449. The Morgan fingerprint density at radius 2 is 1.57 bits per heavy atom. The molecule has 0 spiro atoms. The van der Waals surface area contributed by atoms with Crippen LogP contribution in [0.3, 0.4) is 0 Å². The van der Waals surface area contributed by atoms with Gasteiger partial charge in [0.05, 0.1) is 18.2 Å². The highest BCUT2D eigenvalue weighted by Crippen LogP contribution is 2.33. The maximum absolute atomic E-state index is 11.0. The van der Waals surface area contributed by atoms with Gasteiger partial charge in [-0.15, -0.1) is 0 Å². The van der Waals surface area contributed by atoms with Crippen molar-refractivity contribution >= 4 is 17.9 Å². The number of aldehydes is 1. The molecular weight excluding hydrogens is 288 g/mol. The molecule has 0 saturated heterocycles. The van der Waals surface area contributed by atoms with Gasteiger partial charge in [-0.3, -0.25) is 4.79 Å². The van der Waals surface area contributed by atoms with Crippen molar-refractivity contribution in [3.8, 4) is 22.6 Å². The summed E-state index contributed by atoms with van der Waals surface area (Å²) in [6.45, 7) is 4.99. The van der Waals surface area contributed by atoms with Gasteiger partial charge in [0, 0.05) is 5.56 Å². The first kappa shape index (κ1) is 15.4. The van der Waals surface area contributed by atoms with Gasteiger partial charge < -0.3 is 9.47 Å². The van der Waals surface area contributed by atoms with Gasteiger partial charge in [-0.25, -0.2) is 0 Å². The topological polar surface area (TPSA) is 35.5 Å². The standard InChI is InChI=1S/C17H17ClO3/c1-3-20-16-8-6-13(10-17(16)21-4-2)12-5-7-15(18)14(9-12)11-19/h5-11H,3-4H2,1-2H3. The predicted octanol–water partition coefficient (Wildman–Crippen LogP) is 4.62. The molecule has 0 atom stereocenters. The van der Waals surface area contributed by atoms with Crippen molar-refractivity contribution in [2.24, 2.45) is 0 Å². The van der Waals surface area contributed by atoms with Crippen molar-refractivity contribution in [3.63, 3.8) is 0 Å². The molecule has 0 N–H and O–H groups in total. The number of carbonyl (C=O) groups excluding carboxylic acids is 1. The number of hydrogen-bond acceptors (Lipinski definition) is 3. The number of carbonyl (C=O) groups is 1. The number of benzene rings is 2. The Morgan fingerprint density at radius 3 is 2.24 bits per heavy atom. The highest BCUT2D eigenvalue weighted by molar-refractivity contribution is 6.33. The van der Waals surface area contributed by atoms with E-state index in [1.165, 1.54) is 0 Å². The monoisotopic (exact) mass is 304 g/mol. The fourth-order valence-corrected chi connectivity index (χ4v) is 2.21. The van der Waals surface area contributed by atoms with Crippen LogP contribution in [0.2, 0.25) is 5.02 Å². The summed E-state index contributed by atoms with van der Waals surface area (Å²) in [4.78, 5) is 11.0. The average molecular weight is 305 g/mol. The molecule has 0 unspecified atom stereocenters. The number of ether oxygens (including phenoxy) is 2. The Labute approximate surface area is 129 Å². The first-order chi connectivity index (χ1) is 10.2. The van der Waals surface area contributed by atoms with Crippen LogP contribution in [-0.2, 0) is 0 Å². The van der Waals surface area contributed by atoms with Gasteiger partial charge in [0.25, 0.3) is 0 Å². The zero-order valence-electron chi connectivity index (χ0n) is 12.1. The van der Waals surface area contributed by atoms with Gasteiger partial charge in [-0.05, 0) is 49.2 Å². The van der Waals surface area contributed by atoms with Crippen molar-refractivity contribution < 1.29 is 14.3 Å². The minimum absolute atomic E-state index is 0.449. The van der Waals surface area contributed by atoms with E-state index in [1.807, 2.05) is 38.1 Å². The molecule has 2 rings (SSSR count).